The van der Waals surface area contributed by atoms with E-state index in [0.717, 1.165) is 31.9 Å². The van der Waals surface area contributed by atoms with Crippen LogP contribution >= 0.6 is 0 Å². The van der Waals surface area contributed by atoms with Gasteiger partial charge in [-0.2, -0.15) is 0 Å². The first-order chi connectivity index (χ1) is 12.8. The van der Waals surface area contributed by atoms with Crippen LogP contribution in [0.25, 0.3) is 11.2 Å². The first kappa shape index (κ1) is 10.8. The topological polar surface area (TPSA) is 59.8 Å². The van der Waals surface area contributed by atoms with Gasteiger partial charge in [-0.3, -0.25) is 14.7 Å². The Morgan fingerprint density at radius 3 is 2.78 bits per heavy atom. The number of hydrogen-bond donors (Lipinski definition) is 1. The minimum Gasteiger partial charge on any atom is -0.296 e. The van der Waals surface area contributed by atoms with E-state index in [2.05, 4.69) is 15.3 Å². The van der Waals surface area contributed by atoms with Gasteiger partial charge >= 0.3 is 0 Å². The van der Waals surface area contributed by atoms with Crippen LogP contribution in [-0.4, -0.2) is 20.4 Å². The second-order valence-electron chi connectivity index (χ2n) is 6.24. The molecule has 5 heteroatoms. The van der Waals surface area contributed by atoms with Crippen LogP contribution in [0, 0.1) is 12.3 Å². The Hall–Kier alpha value is -1.91. The second-order valence-corrected chi connectivity index (χ2v) is 6.24. The highest BCUT2D eigenvalue weighted by molar-refractivity contribution is 5.91. The number of fused-ring (bicyclic) bond motifs is 1. The number of imidazole rings is 1. The highest BCUT2D eigenvalue weighted by atomic mass is 16.1. The van der Waals surface area contributed by atoms with Crippen molar-refractivity contribution >= 4 is 23.0 Å². The summed E-state index contributed by atoms with van der Waals surface area (Å²) in [4.78, 5) is 21.6. The van der Waals surface area contributed by atoms with E-state index in [9.17, 15) is 4.79 Å². The fourth-order valence-corrected chi connectivity index (χ4v) is 2.64. The standard InChI is InChI=1S/C17H24N4O.CH4/c1-11-8-9-13-15(18-11)21(12-6-5-7-12)16(19-13)20-14(22)10-17(2,3)4;/h8-9,12H,5-7,10H2,1-4H3,(H,19,20,22);1H4/i2D3,3D3;. The maximum Gasteiger partial charge on any atom is 0.227 e. The first-order valence-corrected chi connectivity index (χ1v) is 7.49. The molecule has 2 heterocycles. The van der Waals surface area contributed by atoms with E-state index in [4.69, 9.17) is 8.22 Å². The Labute approximate surface area is 146 Å². The van der Waals surface area contributed by atoms with Gasteiger partial charge in [0.05, 0.1) is 0 Å². The molecule has 5 nitrogen and oxygen atoms in total. The summed E-state index contributed by atoms with van der Waals surface area (Å²) in [7, 11) is 0. The SMILES string of the molecule is C.[2H]C([2H])([2H])C(C)(CC(=O)Nc1nc2ccc(C)nc2n1C1CCC1)C([2H])([2H])[2H]. The maximum atomic E-state index is 12.7. The zero-order valence-corrected chi connectivity index (χ0v) is 12.8. The van der Waals surface area contributed by atoms with Crippen LogP contribution in [0.4, 0.5) is 5.95 Å². The van der Waals surface area contributed by atoms with Crippen molar-refractivity contribution < 1.29 is 13.0 Å². The number of aromatic nitrogens is 3. The Morgan fingerprint density at radius 1 is 1.43 bits per heavy atom. The highest BCUT2D eigenvalue weighted by Gasteiger charge is 2.27. The Kier molecular flexibility index (Phi) is 2.95. The highest BCUT2D eigenvalue weighted by Crippen LogP contribution is 2.36. The third kappa shape index (κ3) is 3.71. The fraction of sp³-hybridized carbons (Fsp3) is 0.611. The van der Waals surface area contributed by atoms with E-state index in [0.29, 0.717) is 11.2 Å². The van der Waals surface area contributed by atoms with Crippen LogP contribution in [0.5, 0.6) is 0 Å². The summed E-state index contributed by atoms with van der Waals surface area (Å²) in [5.74, 6) is -0.413. The lowest BCUT2D eigenvalue weighted by atomic mass is 9.92. The number of nitrogens with zero attached hydrogens (tertiary/aromatic N) is 3. The van der Waals surface area contributed by atoms with Crippen molar-refractivity contribution in [2.75, 3.05) is 5.32 Å². The van der Waals surface area contributed by atoms with E-state index in [1.54, 1.807) is 0 Å². The summed E-state index contributed by atoms with van der Waals surface area (Å²) in [5, 5.41) is 2.64. The first-order valence-electron chi connectivity index (χ1n) is 10.5. The molecule has 2 aromatic rings. The molecule has 1 saturated carbocycles. The molecule has 0 bridgehead atoms. The lowest BCUT2D eigenvalue weighted by Crippen LogP contribution is -2.24. The van der Waals surface area contributed by atoms with Gasteiger partial charge in [0, 0.05) is 26.4 Å². The van der Waals surface area contributed by atoms with Crippen molar-refractivity contribution in [3.8, 4) is 0 Å². The summed E-state index contributed by atoms with van der Waals surface area (Å²) in [5.41, 5.74) is -0.0495. The van der Waals surface area contributed by atoms with Crippen molar-refractivity contribution in [3.63, 3.8) is 0 Å². The number of nitrogens with one attached hydrogen (secondary N) is 1. The monoisotopic (exact) mass is 322 g/mol. The zero-order valence-electron chi connectivity index (χ0n) is 18.8. The average Bonchev–Trinajstić information content (AvgIpc) is 2.81. The number of carbonyl (C=O) groups is 1. The third-order valence-electron chi connectivity index (χ3n) is 3.88. The lowest BCUT2D eigenvalue weighted by Gasteiger charge is -2.28. The van der Waals surface area contributed by atoms with Crippen molar-refractivity contribution in [2.24, 2.45) is 5.41 Å². The van der Waals surface area contributed by atoms with Crippen LogP contribution < -0.4 is 5.32 Å². The predicted octanol–water partition coefficient (Wildman–Crippen LogP) is 4.48. The number of aryl methyl sites for hydroxylation is 1. The molecule has 1 amide bonds. The molecule has 1 aliphatic carbocycles. The molecule has 0 unspecified atom stereocenters. The third-order valence-corrected chi connectivity index (χ3v) is 3.88. The molecule has 1 fully saturated rings. The number of hydrogen-bond acceptors (Lipinski definition) is 3. The Balaban J connectivity index is 0.00000300. The number of pyridine rings is 1. The predicted molar refractivity (Wildman–Crippen MR) is 94.6 cm³/mol. The van der Waals surface area contributed by atoms with Gasteiger partial charge in [0.2, 0.25) is 11.9 Å². The molecule has 23 heavy (non-hydrogen) atoms. The number of rotatable bonds is 3. The smallest absolute Gasteiger partial charge is 0.227 e. The van der Waals surface area contributed by atoms with Gasteiger partial charge in [-0.25, -0.2) is 9.97 Å². The molecule has 0 atom stereocenters. The zero-order chi connectivity index (χ0) is 20.9. The molecule has 0 aliphatic heterocycles. The molecule has 0 spiro atoms. The minimum atomic E-state index is -2.82. The number of amides is 1. The summed E-state index contributed by atoms with van der Waals surface area (Å²) < 4.78 is 47.7. The van der Waals surface area contributed by atoms with Gasteiger partial charge in [0.25, 0.3) is 0 Å². The molecule has 0 aromatic carbocycles. The van der Waals surface area contributed by atoms with Gasteiger partial charge in [-0.05, 0) is 43.7 Å². The number of carbonyl (C=O) groups excluding carboxylic acids is 1. The normalized spacial score (nSPS) is 20.1. The maximum absolute atomic E-state index is 12.7. The minimum absolute atomic E-state index is 0. The summed E-state index contributed by atoms with van der Waals surface area (Å²) in [6.45, 7) is -2.66. The molecular formula is C18H28N4O. The van der Waals surface area contributed by atoms with E-state index in [1.165, 1.54) is 0 Å². The molecule has 2 aromatic heterocycles. The molecule has 126 valence electrons. The molecule has 1 N–H and O–H groups in total. The van der Waals surface area contributed by atoms with Gasteiger partial charge in [0.1, 0.15) is 5.52 Å². The van der Waals surface area contributed by atoms with E-state index >= 15 is 0 Å². The van der Waals surface area contributed by atoms with E-state index < -0.39 is 31.4 Å². The van der Waals surface area contributed by atoms with Crippen LogP contribution in [0.2, 0.25) is 0 Å². The fourth-order valence-electron chi connectivity index (χ4n) is 2.64. The number of anilines is 1. The van der Waals surface area contributed by atoms with Gasteiger partial charge in [-0.15, -0.1) is 0 Å². The lowest BCUT2D eigenvalue weighted by molar-refractivity contribution is -0.117. The van der Waals surface area contributed by atoms with Crippen molar-refractivity contribution in [3.05, 3.63) is 17.8 Å². The quantitative estimate of drug-likeness (QED) is 0.906. The van der Waals surface area contributed by atoms with Crippen molar-refractivity contribution in [1.29, 1.82) is 0 Å². The molecule has 1 aliphatic rings. The van der Waals surface area contributed by atoms with Gasteiger partial charge < -0.3 is 0 Å². The molecular weight excluding hydrogens is 288 g/mol. The Bertz CT molecular complexity index is 884. The van der Waals surface area contributed by atoms with Crippen LogP contribution in [0.15, 0.2) is 12.1 Å². The van der Waals surface area contributed by atoms with Crippen LogP contribution in [-0.2, 0) is 4.79 Å². The van der Waals surface area contributed by atoms with Gasteiger partial charge in [-0.1, -0.05) is 28.1 Å². The van der Waals surface area contributed by atoms with Crippen LogP contribution in [0.3, 0.4) is 0 Å². The molecule has 0 saturated heterocycles. The van der Waals surface area contributed by atoms with Crippen molar-refractivity contribution in [2.45, 2.75) is 66.7 Å². The van der Waals surface area contributed by atoms with Gasteiger partial charge in [0.15, 0.2) is 5.65 Å². The van der Waals surface area contributed by atoms with Crippen molar-refractivity contribution in [1.82, 2.24) is 14.5 Å². The van der Waals surface area contributed by atoms with Crippen LogP contribution in [0.1, 0.15) is 73.7 Å². The summed E-state index contributed by atoms with van der Waals surface area (Å²) in [6, 6.07) is 3.80. The summed E-state index contributed by atoms with van der Waals surface area (Å²) in [6.07, 6.45) is 2.28. The molecule has 3 rings (SSSR count). The van der Waals surface area contributed by atoms with E-state index in [-0.39, 0.29) is 19.4 Å². The molecule has 0 radical (unpaired) electrons. The average molecular weight is 322 g/mol. The van der Waals surface area contributed by atoms with E-state index in [1.807, 2.05) is 23.6 Å². The summed E-state index contributed by atoms with van der Waals surface area (Å²) >= 11 is 0. The Morgan fingerprint density at radius 2 is 2.17 bits per heavy atom. The largest absolute Gasteiger partial charge is 0.296 e. The second kappa shape index (κ2) is 6.30.